The fourth-order valence-corrected chi connectivity index (χ4v) is 4.26. The number of nitrogens with one attached hydrogen (secondary N) is 1. The van der Waals surface area contributed by atoms with Crippen molar-refractivity contribution in [3.8, 4) is 0 Å². The van der Waals surface area contributed by atoms with E-state index in [2.05, 4.69) is 5.32 Å². The van der Waals surface area contributed by atoms with E-state index in [1.54, 1.807) is 19.1 Å². The summed E-state index contributed by atoms with van der Waals surface area (Å²) >= 11 is 0. The van der Waals surface area contributed by atoms with Crippen molar-refractivity contribution >= 4 is 23.6 Å². The van der Waals surface area contributed by atoms with Crippen LogP contribution in [0.4, 0.5) is 0 Å². The Morgan fingerprint density at radius 3 is 2.34 bits per heavy atom. The number of carbonyl (C=O) groups is 3. The van der Waals surface area contributed by atoms with Gasteiger partial charge in [0, 0.05) is 36.8 Å². The van der Waals surface area contributed by atoms with Gasteiger partial charge in [0.2, 0.25) is 0 Å². The lowest BCUT2D eigenvalue weighted by atomic mass is 9.77. The maximum atomic E-state index is 13.1. The van der Waals surface area contributed by atoms with Gasteiger partial charge in [-0.3, -0.25) is 9.59 Å². The standard InChI is InChI=1S/C29H39NO5/c1-8-34-18-23(32)16-25-19(3)30-20(4)26(28(33)35-9-2)27(25)24-13-11-10-12-21(24)14-15-22(31)17-29(5,6)7/h10-15,27,30H,8-9,16-18H2,1-7H3/b15-14+. The Bertz CT molecular complexity index is 1040. The molecule has 0 aliphatic carbocycles. The molecule has 0 saturated heterocycles. The lowest BCUT2D eigenvalue weighted by Gasteiger charge is -2.32. The maximum Gasteiger partial charge on any atom is 0.336 e. The Morgan fingerprint density at radius 2 is 1.71 bits per heavy atom. The Morgan fingerprint density at radius 1 is 1.03 bits per heavy atom. The Labute approximate surface area is 209 Å². The van der Waals surface area contributed by atoms with Gasteiger partial charge in [-0.05, 0) is 55.9 Å². The second-order valence-electron chi connectivity index (χ2n) is 9.99. The molecule has 2 rings (SSSR count). The van der Waals surface area contributed by atoms with Gasteiger partial charge in [-0.2, -0.15) is 0 Å². The number of ketones is 2. The zero-order chi connectivity index (χ0) is 26.2. The third kappa shape index (κ3) is 8.03. The van der Waals surface area contributed by atoms with Gasteiger partial charge in [-0.25, -0.2) is 4.79 Å². The molecule has 0 fully saturated rings. The fraction of sp³-hybridized carbons (Fsp3) is 0.483. The van der Waals surface area contributed by atoms with Gasteiger partial charge < -0.3 is 14.8 Å². The summed E-state index contributed by atoms with van der Waals surface area (Å²) in [5, 5.41) is 3.27. The van der Waals surface area contributed by atoms with E-state index in [1.807, 2.05) is 65.8 Å². The minimum Gasteiger partial charge on any atom is -0.463 e. The molecule has 6 nitrogen and oxygen atoms in total. The van der Waals surface area contributed by atoms with Crippen molar-refractivity contribution in [1.82, 2.24) is 5.32 Å². The number of benzene rings is 1. The minimum atomic E-state index is -0.487. The highest BCUT2D eigenvalue weighted by molar-refractivity contribution is 5.96. The molecule has 1 aliphatic heterocycles. The molecule has 35 heavy (non-hydrogen) atoms. The zero-order valence-electron chi connectivity index (χ0n) is 22.1. The number of dihydropyridines is 1. The Kier molecular flexibility index (Phi) is 10.2. The number of allylic oxidation sites excluding steroid dienone is 4. The molecule has 0 radical (unpaired) electrons. The SMILES string of the molecule is CCOCC(=O)CC1=C(C)NC(C)=C(C(=O)OCC)C1c1ccccc1/C=C/C(=O)CC(C)(C)C. The molecular weight excluding hydrogens is 442 g/mol. The summed E-state index contributed by atoms with van der Waals surface area (Å²) in [6.45, 7) is 14.2. The van der Waals surface area contributed by atoms with E-state index in [4.69, 9.17) is 9.47 Å². The fourth-order valence-electron chi connectivity index (χ4n) is 4.26. The van der Waals surface area contributed by atoms with E-state index < -0.39 is 11.9 Å². The number of esters is 1. The van der Waals surface area contributed by atoms with E-state index in [9.17, 15) is 14.4 Å². The molecule has 0 saturated carbocycles. The van der Waals surface area contributed by atoms with Crippen LogP contribution in [-0.4, -0.2) is 37.4 Å². The third-order valence-corrected chi connectivity index (χ3v) is 5.71. The van der Waals surface area contributed by atoms with Gasteiger partial charge in [-0.15, -0.1) is 0 Å². The van der Waals surface area contributed by atoms with E-state index in [0.717, 1.165) is 22.4 Å². The molecule has 1 heterocycles. The number of hydrogen-bond acceptors (Lipinski definition) is 6. The van der Waals surface area contributed by atoms with Crippen molar-refractivity contribution in [3.63, 3.8) is 0 Å². The highest BCUT2D eigenvalue weighted by atomic mass is 16.5. The van der Waals surface area contributed by atoms with Crippen LogP contribution in [-0.2, 0) is 23.9 Å². The summed E-state index contributed by atoms with van der Waals surface area (Å²) in [7, 11) is 0. The van der Waals surface area contributed by atoms with Crippen LogP contribution in [0, 0.1) is 5.41 Å². The summed E-state index contributed by atoms with van der Waals surface area (Å²) in [6, 6.07) is 7.66. The molecule has 1 aromatic rings. The monoisotopic (exact) mass is 481 g/mol. The number of carbonyl (C=O) groups excluding carboxylic acids is 3. The molecule has 6 heteroatoms. The predicted octanol–water partition coefficient (Wildman–Crippen LogP) is 5.50. The first-order valence-corrected chi connectivity index (χ1v) is 12.2. The lowest BCUT2D eigenvalue weighted by Crippen LogP contribution is -2.30. The number of ether oxygens (including phenoxy) is 2. The van der Waals surface area contributed by atoms with Gasteiger partial charge >= 0.3 is 5.97 Å². The van der Waals surface area contributed by atoms with Crippen molar-refractivity contribution < 1.29 is 23.9 Å². The third-order valence-electron chi connectivity index (χ3n) is 5.71. The molecule has 190 valence electrons. The van der Waals surface area contributed by atoms with Crippen molar-refractivity contribution in [2.75, 3.05) is 19.8 Å². The largest absolute Gasteiger partial charge is 0.463 e. The summed E-state index contributed by atoms with van der Waals surface area (Å²) in [5.41, 5.74) is 4.33. The van der Waals surface area contributed by atoms with E-state index >= 15 is 0 Å². The van der Waals surface area contributed by atoms with Crippen LogP contribution in [0.25, 0.3) is 6.08 Å². The van der Waals surface area contributed by atoms with Crippen LogP contribution in [0.1, 0.15) is 78.4 Å². The van der Waals surface area contributed by atoms with Gasteiger partial charge in [0.1, 0.15) is 6.61 Å². The van der Waals surface area contributed by atoms with Crippen LogP contribution in [0.15, 0.2) is 52.9 Å². The molecule has 0 amide bonds. The van der Waals surface area contributed by atoms with E-state index in [0.29, 0.717) is 24.3 Å². The molecular formula is C29H39NO5. The number of rotatable bonds is 11. The van der Waals surface area contributed by atoms with E-state index in [-0.39, 0.29) is 36.6 Å². The highest BCUT2D eigenvalue weighted by Crippen LogP contribution is 2.41. The topological polar surface area (TPSA) is 81.7 Å². The zero-order valence-corrected chi connectivity index (χ0v) is 22.1. The predicted molar refractivity (Wildman–Crippen MR) is 139 cm³/mol. The van der Waals surface area contributed by atoms with Gasteiger partial charge in [-0.1, -0.05) is 51.1 Å². The first kappa shape index (κ1) is 28.2. The number of Topliss-reactive ketones (excluding diaryl/α,β-unsaturated/α-hetero) is 1. The summed E-state index contributed by atoms with van der Waals surface area (Å²) < 4.78 is 10.7. The molecule has 1 N–H and O–H groups in total. The second kappa shape index (κ2) is 12.6. The maximum absolute atomic E-state index is 13.1. The van der Waals surface area contributed by atoms with Crippen LogP contribution in [0.5, 0.6) is 0 Å². The van der Waals surface area contributed by atoms with Gasteiger partial charge in [0.15, 0.2) is 11.6 Å². The molecule has 1 aliphatic rings. The van der Waals surface area contributed by atoms with Gasteiger partial charge in [0.05, 0.1) is 12.2 Å². The molecule has 0 aromatic heterocycles. The van der Waals surface area contributed by atoms with Crippen molar-refractivity contribution in [3.05, 3.63) is 64.0 Å². The number of hydrogen-bond donors (Lipinski definition) is 1. The Hall–Kier alpha value is -2.99. The van der Waals surface area contributed by atoms with Crippen molar-refractivity contribution in [2.24, 2.45) is 5.41 Å². The van der Waals surface area contributed by atoms with Crippen LogP contribution < -0.4 is 5.32 Å². The summed E-state index contributed by atoms with van der Waals surface area (Å²) in [6.07, 6.45) is 3.98. The van der Waals surface area contributed by atoms with Crippen molar-refractivity contribution in [2.45, 2.75) is 67.2 Å². The Balaban J connectivity index is 2.59. The summed E-state index contributed by atoms with van der Waals surface area (Å²) in [5.74, 6) is -0.940. The molecule has 1 atom stereocenters. The van der Waals surface area contributed by atoms with Gasteiger partial charge in [0.25, 0.3) is 0 Å². The average molecular weight is 482 g/mol. The van der Waals surface area contributed by atoms with E-state index in [1.165, 1.54) is 0 Å². The molecule has 1 unspecified atom stereocenters. The smallest absolute Gasteiger partial charge is 0.336 e. The molecule has 0 bridgehead atoms. The van der Waals surface area contributed by atoms with Crippen LogP contribution >= 0.6 is 0 Å². The van der Waals surface area contributed by atoms with Crippen molar-refractivity contribution in [1.29, 1.82) is 0 Å². The molecule has 1 aromatic carbocycles. The normalized spacial score (nSPS) is 16.5. The summed E-state index contributed by atoms with van der Waals surface area (Å²) in [4.78, 5) is 38.4. The second-order valence-corrected chi connectivity index (χ2v) is 9.99. The average Bonchev–Trinajstić information content (AvgIpc) is 2.77. The van der Waals surface area contributed by atoms with Crippen LogP contribution in [0.3, 0.4) is 0 Å². The highest BCUT2D eigenvalue weighted by Gasteiger charge is 2.35. The first-order valence-electron chi connectivity index (χ1n) is 12.2. The first-order chi connectivity index (χ1) is 16.5. The quantitative estimate of drug-likeness (QED) is 0.332. The minimum absolute atomic E-state index is 0.0142. The molecule has 0 spiro atoms. The lowest BCUT2D eigenvalue weighted by molar-refractivity contribution is -0.139. The van der Waals surface area contributed by atoms with Crippen LogP contribution in [0.2, 0.25) is 0 Å².